The van der Waals surface area contributed by atoms with E-state index in [0.29, 0.717) is 29.2 Å². The van der Waals surface area contributed by atoms with E-state index in [1.165, 1.54) is 33.3 Å². The van der Waals surface area contributed by atoms with E-state index in [1.807, 2.05) is 50.8 Å². The molecule has 2 aliphatic rings. The maximum absolute atomic E-state index is 13.8. The highest BCUT2D eigenvalue weighted by molar-refractivity contribution is 7.89. The van der Waals surface area contributed by atoms with Crippen LogP contribution in [0, 0.1) is 11.8 Å². The van der Waals surface area contributed by atoms with Gasteiger partial charge in [0.2, 0.25) is 10.0 Å². The number of fused-ring (bicyclic) bond motifs is 1. The molecule has 0 saturated carbocycles. The van der Waals surface area contributed by atoms with Crippen molar-refractivity contribution in [2.45, 2.75) is 64.9 Å². The van der Waals surface area contributed by atoms with Crippen LogP contribution in [0.3, 0.4) is 0 Å². The van der Waals surface area contributed by atoms with Crippen molar-refractivity contribution in [2.24, 2.45) is 11.8 Å². The first-order valence-electron chi connectivity index (χ1n) is 15.6. The fourth-order valence-electron chi connectivity index (χ4n) is 6.01. The highest BCUT2D eigenvalue weighted by atomic mass is 32.2. The summed E-state index contributed by atoms with van der Waals surface area (Å²) in [6, 6.07) is 16.5. The third-order valence-corrected chi connectivity index (χ3v) is 11.1. The number of amides is 2. The molecule has 236 valence electrons. The van der Waals surface area contributed by atoms with Crippen molar-refractivity contribution in [3.05, 3.63) is 81.7 Å². The second kappa shape index (κ2) is 13.9. The van der Waals surface area contributed by atoms with Crippen LogP contribution in [0.2, 0.25) is 0 Å². The van der Waals surface area contributed by atoms with E-state index in [2.05, 4.69) is 22.3 Å². The van der Waals surface area contributed by atoms with Gasteiger partial charge in [0.05, 0.1) is 10.5 Å². The number of carbonyl (C=O) groups is 2. The van der Waals surface area contributed by atoms with Crippen LogP contribution < -0.4 is 5.32 Å². The zero-order valence-corrected chi connectivity index (χ0v) is 27.8. The van der Waals surface area contributed by atoms with Crippen LogP contribution >= 0.6 is 11.3 Å². The van der Waals surface area contributed by atoms with Crippen LogP contribution in [0.4, 0.5) is 5.00 Å². The lowest BCUT2D eigenvalue weighted by Crippen LogP contribution is -2.37. The molecule has 1 aromatic heterocycles. The molecule has 10 heteroatoms. The van der Waals surface area contributed by atoms with Gasteiger partial charge in [0.15, 0.2) is 0 Å². The first-order valence-corrected chi connectivity index (χ1v) is 17.9. The predicted octanol–water partition coefficient (Wildman–Crippen LogP) is 6.10. The lowest BCUT2D eigenvalue weighted by atomic mass is 10.0. The van der Waals surface area contributed by atoms with Gasteiger partial charge >= 0.3 is 0 Å². The number of nitrogens with one attached hydrogen (secondary N) is 1. The Hall–Kier alpha value is -3.05. The second-order valence-electron chi connectivity index (χ2n) is 12.7. The van der Waals surface area contributed by atoms with Gasteiger partial charge in [0.1, 0.15) is 5.00 Å². The highest BCUT2D eigenvalue weighted by Gasteiger charge is 2.32. The summed E-state index contributed by atoms with van der Waals surface area (Å²) in [6.07, 6.45) is 2.73. The van der Waals surface area contributed by atoms with Crippen molar-refractivity contribution in [3.8, 4) is 0 Å². The van der Waals surface area contributed by atoms with Gasteiger partial charge in [-0.2, -0.15) is 4.31 Å². The van der Waals surface area contributed by atoms with E-state index in [0.717, 1.165) is 62.4 Å². The van der Waals surface area contributed by atoms with Crippen molar-refractivity contribution in [2.75, 3.05) is 38.0 Å². The molecule has 2 aromatic carbocycles. The van der Waals surface area contributed by atoms with Crippen LogP contribution in [0.25, 0.3) is 0 Å². The van der Waals surface area contributed by atoms with E-state index in [1.54, 1.807) is 12.1 Å². The molecule has 2 aliphatic heterocycles. The molecule has 0 atom stereocenters. The van der Waals surface area contributed by atoms with E-state index in [-0.39, 0.29) is 28.5 Å². The standard InChI is InChI=1S/C34H44N4O4S2/c1-24(2)20-38(21-25(3)4)44(41,42)28-14-12-27(13-15-28)32(39)35-33-31(34(40)37-17-8-9-18-37)29-16-19-36(23-30(29)43-33)22-26-10-6-5-7-11-26/h5-7,10-15,24-25H,8-9,16-23H2,1-4H3,(H,35,39). The van der Waals surface area contributed by atoms with Gasteiger partial charge in [0.25, 0.3) is 11.8 Å². The summed E-state index contributed by atoms with van der Waals surface area (Å²) in [7, 11) is -3.70. The summed E-state index contributed by atoms with van der Waals surface area (Å²) in [4.78, 5) is 32.8. The summed E-state index contributed by atoms with van der Waals surface area (Å²) in [6.45, 7) is 12.7. The van der Waals surface area contributed by atoms with Crippen LogP contribution in [0.5, 0.6) is 0 Å². The minimum absolute atomic E-state index is 0.0105. The number of thiophene rings is 1. The number of rotatable bonds is 11. The lowest BCUT2D eigenvalue weighted by molar-refractivity contribution is 0.0792. The fourth-order valence-corrected chi connectivity index (χ4v) is 9.06. The topological polar surface area (TPSA) is 90.0 Å². The van der Waals surface area contributed by atoms with Crippen LogP contribution in [-0.2, 0) is 29.5 Å². The summed E-state index contributed by atoms with van der Waals surface area (Å²) in [5.41, 5.74) is 3.26. The second-order valence-corrected chi connectivity index (χ2v) is 15.8. The number of likely N-dealkylation sites (tertiary alicyclic amines) is 1. The summed E-state index contributed by atoms with van der Waals surface area (Å²) >= 11 is 1.49. The Bertz CT molecular complexity index is 1550. The van der Waals surface area contributed by atoms with Gasteiger partial charge in [-0.1, -0.05) is 58.0 Å². The monoisotopic (exact) mass is 636 g/mol. The van der Waals surface area contributed by atoms with Gasteiger partial charge in [-0.05, 0) is 66.5 Å². The number of nitrogens with zero attached hydrogens (tertiary/aromatic N) is 3. The summed E-state index contributed by atoms with van der Waals surface area (Å²) in [5, 5.41) is 3.62. The third kappa shape index (κ3) is 7.42. The van der Waals surface area contributed by atoms with Gasteiger partial charge in [-0.15, -0.1) is 11.3 Å². The van der Waals surface area contributed by atoms with Gasteiger partial charge in [0, 0.05) is 56.3 Å². The fraction of sp³-hybridized carbons (Fsp3) is 0.471. The van der Waals surface area contributed by atoms with Gasteiger partial charge in [-0.25, -0.2) is 8.42 Å². The molecule has 1 N–H and O–H groups in total. The van der Waals surface area contributed by atoms with Crippen LogP contribution in [-0.4, -0.2) is 67.1 Å². The zero-order chi connectivity index (χ0) is 31.4. The number of hydrogen-bond donors (Lipinski definition) is 1. The van der Waals surface area contributed by atoms with Crippen LogP contribution in [0.15, 0.2) is 59.5 Å². The van der Waals surface area contributed by atoms with Crippen molar-refractivity contribution in [1.82, 2.24) is 14.1 Å². The van der Waals surface area contributed by atoms with Crippen LogP contribution in [0.1, 0.15) is 77.3 Å². The molecular formula is C34H44N4O4S2. The minimum atomic E-state index is -3.70. The van der Waals surface area contributed by atoms with Gasteiger partial charge in [-0.3, -0.25) is 14.5 Å². The maximum Gasteiger partial charge on any atom is 0.257 e. The average molecular weight is 637 g/mol. The summed E-state index contributed by atoms with van der Waals surface area (Å²) < 4.78 is 28.4. The third-order valence-electron chi connectivity index (χ3n) is 8.11. The van der Waals surface area contributed by atoms with E-state index in [9.17, 15) is 18.0 Å². The molecule has 8 nitrogen and oxygen atoms in total. The Balaban J connectivity index is 1.37. The molecule has 3 heterocycles. The Morgan fingerprint density at radius 2 is 1.55 bits per heavy atom. The smallest absolute Gasteiger partial charge is 0.257 e. The maximum atomic E-state index is 13.8. The molecule has 5 rings (SSSR count). The zero-order valence-electron chi connectivity index (χ0n) is 26.2. The number of anilines is 1. The summed E-state index contributed by atoms with van der Waals surface area (Å²) in [5.74, 6) is 0.00943. The quantitative estimate of drug-likeness (QED) is 0.275. The minimum Gasteiger partial charge on any atom is -0.339 e. The molecule has 3 aromatic rings. The first kappa shape index (κ1) is 32.3. The number of benzene rings is 2. The molecule has 0 bridgehead atoms. The molecule has 0 aliphatic carbocycles. The molecule has 0 spiro atoms. The van der Waals surface area contributed by atoms with Crippen molar-refractivity contribution in [1.29, 1.82) is 0 Å². The molecule has 44 heavy (non-hydrogen) atoms. The predicted molar refractivity (Wildman–Crippen MR) is 177 cm³/mol. The Labute approximate surface area is 266 Å². The Morgan fingerprint density at radius 1 is 0.909 bits per heavy atom. The van der Waals surface area contributed by atoms with Gasteiger partial charge < -0.3 is 10.2 Å². The number of hydrogen-bond acceptors (Lipinski definition) is 6. The molecular weight excluding hydrogens is 593 g/mol. The molecule has 1 saturated heterocycles. The SMILES string of the molecule is CC(C)CN(CC(C)C)S(=O)(=O)c1ccc(C(=O)Nc2sc3c(c2C(=O)N2CCCC2)CCN(Cc2ccccc2)C3)cc1. The van der Waals surface area contributed by atoms with E-state index >= 15 is 0 Å². The lowest BCUT2D eigenvalue weighted by Gasteiger charge is -2.27. The molecule has 2 amide bonds. The Morgan fingerprint density at radius 3 is 2.16 bits per heavy atom. The largest absolute Gasteiger partial charge is 0.339 e. The number of carbonyl (C=O) groups excluding carboxylic acids is 2. The number of sulfonamides is 1. The van der Waals surface area contributed by atoms with Crippen molar-refractivity contribution < 1.29 is 18.0 Å². The van der Waals surface area contributed by atoms with E-state index in [4.69, 9.17) is 0 Å². The first-order chi connectivity index (χ1) is 21.0. The highest BCUT2D eigenvalue weighted by Crippen LogP contribution is 2.39. The average Bonchev–Trinajstić information content (AvgIpc) is 3.65. The molecule has 0 unspecified atom stereocenters. The molecule has 0 radical (unpaired) electrons. The molecule has 1 fully saturated rings. The van der Waals surface area contributed by atoms with Crippen molar-refractivity contribution >= 4 is 38.2 Å². The van der Waals surface area contributed by atoms with Crippen molar-refractivity contribution in [3.63, 3.8) is 0 Å². The normalized spacial score (nSPS) is 15.8. The van der Waals surface area contributed by atoms with E-state index < -0.39 is 10.0 Å². The Kier molecular flexibility index (Phi) is 10.2.